The summed E-state index contributed by atoms with van der Waals surface area (Å²) in [6.45, 7) is 0. The van der Waals surface area contributed by atoms with Gasteiger partial charge >= 0.3 is 0 Å². The highest BCUT2D eigenvalue weighted by Crippen LogP contribution is 2.28. The molecule has 35 heavy (non-hydrogen) atoms. The van der Waals surface area contributed by atoms with Crippen LogP contribution in [0.2, 0.25) is 20.1 Å². The molecule has 0 bridgehead atoms. The highest BCUT2D eigenvalue weighted by atomic mass is 35.5. The van der Waals surface area contributed by atoms with Crippen LogP contribution >= 0.6 is 58.6 Å². The number of benzene rings is 4. The monoisotopic (exact) mass is 560 g/mol. The molecule has 4 nitrogen and oxygen atoms in total. The quantitative estimate of drug-likeness (QED) is 0.246. The molecule has 9 heteroatoms. The Labute approximate surface area is 228 Å². The molecule has 4 rings (SSSR count). The van der Waals surface area contributed by atoms with E-state index in [-0.39, 0.29) is 4.99 Å². The second kappa shape index (κ2) is 12.6. The Morgan fingerprint density at radius 3 is 1.54 bits per heavy atom. The summed E-state index contributed by atoms with van der Waals surface area (Å²) in [5, 5.41) is 11.1. The second-order valence-electron chi connectivity index (χ2n) is 6.94. The topological polar surface area (TPSA) is 68.3 Å². The first-order valence-electron chi connectivity index (χ1n) is 9.90. The Morgan fingerprint density at radius 1 is 0.629 bits per heavy atom. The fourth-order valence-electron chi connectivity index (χ4n) is 2.73. The summed E-state index contributed by atoms with van der Waals surface area (Å²) in [6.07, 6.45) is 0. The van der Waals surface area contributed by atoms with Gasteiger partial charge in [0, 0.05) is 25.7 Å². The lowest BCUT2D eigenvalue weighted by Crippen LogP contribution is -2.09. The predicted octanol–water partition coefficient (Wildman–Crippen LogP) is 9.08. The number of halogens is 4. The number of nitriles is 1. The molecule has 0 unspecified atom stereocenters. The van der Waals surface area contributed by atoms with E-state index in [1.807, 2.05) is 6.07 Å². The van der Waals surface area contributed by atoms with Crippen molar-refractivity contribution in [3.05, 3.63) is 116 Å². The SMILES string of the molecule is N#Cc1cc(Cl)cc(Oc2ccc(Cl)cc2)c1.NC(=S)c1cc(Cl)cc(Oc2ccc(Cl)cc2)c1. The van der Waals surface area contributed by atoms with Crippen LogP contribution in [0.4, 0.5) is 0 Å². The number of ether oxygens (including phenoxy) is 2. The molecular weight excluding hydrogens is 546 g/mol. The number of hydrogen-bond donors (Lipinski definition) is 1. The van der Waals surface area contributed by atoms with Gasteiger partial charge in [0.15, 0.2) is 0 Å². The average molecular weight is 562 g/mol. The zero-order valence-electron chi connectivity index (χ0n) is 17.8. The minimum atomic E-state index is 0.276. The number of hydrogen-bond acceptors (Lipinski definition) is 4. The Morgan fingerprint density at radius 2 is 1.09 bits per heavy atom. The van der Waals surface area contributed by atoms with Crippen LogP contribution in [-0.4, -0.2) is 4.99 Å². The van der Waals surface area contributed by atoms with E-state index >= 15 is 0 Å². The van der Waals surface area contributed by atoms with Gasteiger partial charge in [0.25, 0.3) is 0 Å². The normalized spacial score (nSPS) is 9.91. The average Bonchev–Trinajstić information content (AvgIpc) is 2.82. The van der Waals surface area contributed by atoms with Crippen LogP contribution in [0.5, 0.6) is 23.0 Å². The molecule has 2 N–H and O–H groups in total. The lowest BCUT2D eigenvalue weighted by Gasteiger charge is -2.08. The molecule has 0 spiro atoms. The maximum absolute atomic E-state index is 8.81. The van der Waals surface area contributed by atoms with Gasteiger partial charge in [-0.3, -0.25) is 0 Å². The van der Waals surface area contributed by atoms with Gasteiger partial charge in [-0.15, -0.1) is 0 Å². The van der Waals surface area contributed by atoms with Crippen molar-refractivity contribution in [3.63, 3.8) is 0 Å². The third-order valence-electron chi connectivity index (χ3n) is 4.25. The van der Waals surface area contributed by atoms with Gasteiger partial charge in [0.2, 0.25) is 0 Å². The summed E-state index contributed by atoms with van der Waals surface area (Å²) in [7, 11) is 0. The fraction of sp³-hybridized carbons (Fsp3) is 0. The summed E-state index contributed by atoms with van der Waals surface area (Å²) in [6, 6.07) is 26.0. The van der Waals surface area contributed by atoms with Crippen molar-refractivity contribution in [1.29, 1.82) is 5.26 Å². The molecule has 0 amide bonds. The highest BCUT2D eigenvalue weighted by molar-refractivity contribution is 7.80. The Bertz CT molecular complexity index is 1370. The molecule has 0 heterocycles. The van der Waals surface area contributed by atoms with Gasteiger partial charge in [0.05, 0.1) is 11.6 Å². The molecule has 4 aromatic carbocycles. The molecule has 0 aliphatic heterocycles. The van der Waals surface area contributed by atoms with Crippen molar-refractivity contribution in [3.8, 4) is 29.1 Å². The predicted molar refractivity (Wildman–Crippen MR) is 147 cm³/mol. The van der Waals surface area contributed by atoms with E-state index in [1.54, 1.807) is 84.9 Å². The van der Waals surface area contributed by atoms with Gasteiger partial charge < -0.3 is 15.2 Å². The Balaban J connectivity index is 0.000000196. The molecule has 0 atom stereocenters. The largest absolute Gasteiger partial charge is 0.457 e. The van der Waals surface area contributed by atoms with Crippen LogP contribution in [-0.2, 0) is 0 Å². The molecule has 0 saturated carbocycles. The summed E-state index contributed by atoms with van der Waals surface area (Å²) < 4.78 is 11.2. The minimum Gasteiger partial charge on any atom is -0.457 e. The zero-order valence-corrected chi connectivity index (χ0v) is 21.7. The smallest absolute Gasteiger partial charge is 0.130 e. The number of thiocarbonyl (C=S) groups is 1. The van der Waals surface area contributed by atoms with Gasteiger partial charge in [-0.25, -0.2) is 0 Å². The Kier molecular flexibility index (Phi) is 9.62. The van der Waals surface area contributed by atoms with Gasteiger partial charge in [-0.2, -0.15) is 5.26 Å². The molecule has 0 radical (unpaired) electrons. The van der Waals surface area contributed by atoms with E-state index < -0.39 is 0 Å². The summed E-state index contributed by atoms with van der Waals surface area (Å²) >= 11 is 28.3. The van der Waals surface area contributed by atoms with Crippen LogP contribution in [0.3, 0.4) is 0 Å². The lowest BCUT2D eigenvalue weighted by molar-refractivity contribution is 0.482. The standard InChI is InChI=1S/C13H9Cl2NOS.C13H7Cl2NO/c14-9-1-3-11(4-2-9)17-12-6-8(13(16)18)5-10(15)7-12;14-10-1-3-12(4-2-10)17-13-6-9(8-16)5-11(15)7-13/h1-7H,(H2,16,18);1-7H. The summed E-state index contributed by atoms with van der Waals surface area (Å²) in [4.78, 5) is 0.276. The number of rotatable bonds is 5. The first-order chi connectivity index (χ1) is 16.7. The van der Waals surface area contributed by atoms with E-state index in [2.05, 4.69) is 0 Å². The summed E-state index contributed by atoms with van der Waals surface area (Å²) in [5.41, 5.74) is 6.69. The zero-order chi connectivity index (χ0) is 25.4. The molecule has 0 aliphatic rings. The van der Waals surface area contributed by atoms with Crippen LogP contribution in [0.15, 0.2) is 84.9 Å². The molecule has 0 aromatic heterocycles. The third kappa shape index (κ3) is 8.63. The minimum absolute atomic E-state index is 0.276. The van der Waals surface area contributed by atoms with E-state index in [9.17, 15) is 0 Å². The van der Waals surface area contributed by atoms with Gasteiger partial charge in [0.1, 0.15) is 28.0 Å². The van der Waals surface area contributed by atoms with Crippen LogP contribution in [0.1, 0.15) is 11.1 Å². The van der Waals surface area contributed by atoms with Crippen LogP contribution in [0.25, 0.3) is 0 Å². The maximum atomic E-state index is 8.81. The molecule has 0 aliphatic carbocycles. The second-order valence-corrected chi connectivity index (χ2v) is 9.12. The van der Waals surface area contributed by atoms with Crippen molar-refractivity contribution in [2.45, 2.75) is 0 Å². The third-order valence-corrected chi connectivity index (χ3v) is 5.43. The summed E-state index contributed by atoms with van der Waals surface area (Å²) in [5.74, 6) is 2.40. The van der Waals surface area contributed by atoms with E-state index in [1.165, 1.54) is 0 Å². The van der Waals surface area contributed by atoms with E-state index in [4.69, 9.17) is 79.1 Å². The first-order valence-corrected chi connectivity index (χ1v) is 11.8. The highest BCUT2D eigenvalue weighted by Gasteiger charge is 2.05. The van der Waals surface area contributed by atoms with E-state index in [0.717, 1.165) is 0 Å². The fourth-order valence-corrected chi connectivity index (χ4v) is 3.55. The van der Waals surface area contributed by atoms with Crippen molar-refractivity contribution >= 4 is 63.6 Å². The van der Waals surface area contributed by atoms with Gasteiger partial charge in [-0.1, -0.05) is 58.6 Å². The molecule has 0 saturated heterocycles. The van der Waals surface area contributed by atoms with Crippen molar-refractivity contribution in [1.82, 2.24) is 0 Å². The molecule has 0 fully saturated rings. The molecular formula is C26H16Cl4N2O2S. The van der Waals surface area contributed by atoms with Crippen molar-refractivity contribution < 1.29 is 9.47 Å². The van der Waals surface area contributed by atoms with Crippen molar-refractivity contribution in [2.75, 3.05) is 0 Å². The van der Waals surface area contributed by atoms with E-state index in [0.29, 0.717) is 54.2 Å². The number of nitrogens with two attached hydrogens (primary N) is 1. The van der Waals surface area contributed by atoms with Crippen LogP contribution in [0, 0.1) is 11.3 Å². The number of nitrogens with zero attached hydrogens (tertiary/aromatic N) is 1. The Hall–Kier alpha value is -2.98. The maximum Gasteiger partial charge on any atom is 0.130 e. The molecule has 176 valence electrons. The van der Waals surface area contributed by atoms with Crippen LogP contribution < -0.4 is 15.2 Å². The first kappa shape index (κ1) is 26.6. The molecule has 4 aromatic rings. The van der Waals surface area contributed by atoms with Gasteiger partial charge in [-0.05, 0) is 84.9 Å². The van der Waals surface area contributed by atoms with Crippen molar-refractivity contribution in [2.24, 2.45) is 5.73 Å². The lowest BCUT2D eigenvalue weighted by atomic mass is 10.2.